The molecule has 1 amide bonds. The smallest absolute Gasteiger partial charge is 0.260 e. The number of halogens is 2. The molecule has 0 aliphatic rings. The molecular weight excluding hydrogens is 483 g/mol. The number of hydrazone groups is 1. The van der Waals surface area contributed by atoms with Crippen molar-refractivity contribution in [1.29, 1.82) is 0 Å². The summed E-state index contributed by atoms with van der Waals surface area (Å²) in [5, 5.41) is 5.13. The third-order valence-corrected chi connectivity index (χ3v) is 6.72. The predicted octanol–water partition coefficient (Wildman–Crippen LogP) is 4.63. The van der Waals surface area contributed by atoms with E-state index < -0.39 is 22.5 Å². The lowest BCUT2D eigenvalue weighted by Crippen LogP contribution is -2.39. The average molecular weight is 507 g/mol. The minimum atomic E-state index is -3.66. The molecule has 7 nitrogen and oxygen atoms in total. The van der Waals surface area contributed by atoms with Gasteiger partial charge in [-0.25, -0.2) is 13.8 Å². The Bertz CT molecular complexity index is 1320. The van der Waals surface area contributed by atoms with Crippen molar-refractivity contribution >= 4 is 51.0 Å². The maximum atomic E-state index is 12.4. The Hall–Kier alpha value is -2.81. The van der Waals surface area contributed by atoms with Crippen LogP contribution in [0.1, 0.15) is 22.5 Å². The Morgan fingerprint density at radius 3 is 2.39 bits per heavy atom. The van der Waals surface area contributed by atoms with E-state index in [0.717, 1.165) is 38.8 Å². The summed E-state index contributed by atoms with van der Waals surface area (Å²) in [4.78, 5) is 12.4. The van der Waals surface area contributed by atoms with E-state index in [4.69, 9.17) is 23.2 Å². The van der Waals surface area contributed by atoms with Crippen molar-refractivity contribution in [1.82, 2.24) is 9.99 Å². The van der Waals surface area contributed by atoms with Crippen LogP contribution < -0.4 is 9.73 Å². The van der Waals surface area contributed by atoms with Gasteiger partial charge in [-0.15, -0.1) is 0 Å². The maximum absolute atomic E-state index is 12.4. The first-order chi connectivity index (χ1) is 15.5. The number of hydrogen-bond donors (Lipinski definition) is 1. The molecule has 0 bridgehead atoms. The van der Waals surface area contributed by atoms with E-state index in [2.05, 4.69) is 10.5 Å². The van der Waals surface area contributed by atoms with E-state index in [1.165, 1.54) is 6.21 Å². The zero-order chi connectivity index (χ0) is 24.3. The Morgan fingerprint density at radius 1 is 1.09 bits per heavy atom. The standard InChI is InChI=1S/C23H24Cl2N4O3S/c1-15-5-8-20(9-6-15)28(33(4,31)32)14-23(30)27-26-13-18-11-16(2)29(17(18)3)22-12-19(24)7-10-21(22)25/h5-13H,14H2,1-4H3,(H,27,30)/b26-13+. The second kappa shape index (κ2) is 9.99. The third-order valence-electron chi connectivity index (χ3n) is 5.02. The molecule has 0 unspecified atom stereocenters. The van der Waals surface area contributed by atoms with E-state index in [9.17, 15) is 13.2 Å². The molecule has 1 N–H and O–H groups in total. The summed E-state index contributed by atoms with van der Waals surface area (Å²) >= 11 is 12.5. The highest BCUT2D eigenvalue weighted by Gasteiger charge is 2.20. The fourth-order valence-corrected chi connectivity index (χ4v) is 4.62. The van der Waals surface area contributed by atoms with Gasteiger partial charge < -0.3 is 4.57 Å². The van der Waals surface area contributed by atoms with Crippen molar-refractivity contribution in [2.75, 3.05) is 17.1 Å². The SMILES string of the molecule is Cc1ccc(N(CC(=O)N/N=C/c2cc(C)n(-c3cc(Cl)ccc3Cl)c2C)S(C)(=O)=O)cc1. The number of nitrogens with one attached hydrogen (secondary N) is 1. The molecule has 0 radical (unpaired) electrons. The van der Waals surface area contributed by atoms with Crippen molar-refractivity contribution in [3.8, 4) is 5.69 Å². The van der Waals surface area contributed by atoms with Crippen LogP contribution in [0.25, 0.3) is 5.69 Å². The number of hydrogen-bond acceptors (Lipinski definition) is 4. The largest absolute Gasteiger partial charge is 0.316 e. The fourth-order valence-electron chi connectivity index (χ4n) is 3.40. The van der Waals surface area contributed by atoms with E-state index >= 15 is 0 Å². The molecule has 0 saturated heterocycles. The molecule has 0 atom stereocenters. The molecule has 174 valence electrons. The number of rotatable bonds is 7. The molecule has 33 heavy (non-hydrogen) atoms. The molecule has 1 heterocycles. The molecule has 3 rings (SSSR count). The first-order valence-corrected chi connectivity index (χ1v) is 12.6. The molecule has 3 aromatic rings. The van der Waals surface area contributed by atoms with Crippen LogP contribution in [0.2, 0.25) is 10.0 Å². The van der Waals surface area contributed by atoms with Gasteiger partial charge in [0.15, 0.2) is 0 Å². The first kappa shape index (κ1) is 24.8. The minimum absolute atomic E-state index is 0.392. The van der Waals surface area contributed by atoms with Crippen LogP contribution in [0.15, 0.2) is 53.6 Å². The summed E-state index contributed by atoms with van der Waals surface area (Å²) in [6.07, 6.45) is 2.56. The molecule has 2 aromatic carbocycles. The van der Waals surface area contributed by atoms with Crippen LogP contribution >= 0.6 is 23.2 Å². The number of anilines is 1. The highest BCUT2D eigenvalue weighted by molar-refractivity contribution is 7.92. The van der Waals surface area contributed by atoms with Gasteiger partial charge in [0.2, 0.25) is 10.0 Å². The molecule has 1 aromatic heterocycles. The van der Waals surface area contributed by atoms with Crippen LogP contribution in [0.4, 0.5) is 5.69 Å². The topological polar surface area (TPSA) is 83.8 Å². The van der Waals surface area contributed by atoms with Crippen molar-refractivity contribution in [3.63, 3.8) is 0 Å². The van der Waals surface area contributed by atoms with Gasteiger partial charge in [-0.2, -0.15) is 5.10 Å². The first-order valence-electron chi connectivity index (χ1n) is 9.98. The van der Waals surface area contributed by atoms with Crippen molar-refractivity contribution in [2.24, 2.45) is 5.10 Å². The monoisotopic (exact) mass is 506 g/mol. The lowest BCUT2D eigenvalue weighted by Gasteiger charge is -2.21. The predicted molar refractivity (Wildman–Crippen MR) is 134 cm³/mol. The zero-order valence-electron chi connectivity index (χ0n) is 18.6. The fraction of sp³-hybridized carbons (Fsp3) is 0.217. The molecule has 0 spiro atoms. The van der Waals surface area contributed by atoms with Gasteiger partial charge >= 0.3 is 0 Å². The molecule has 0 aliphatic carbocycles. The number of aromatic nitrogens is 1. The molecule has 10 heteroatoms. The maximum Gasteiger partial charge on any atom is 0.260 e. The summed E-state index contributed by atoms with van der Waals surface area (Å²) in [6.45, 7) is 5.32. The number of nitrogens with zero attached hydrogens (tertiary/aromatic N) is 3. The van der Waals surface area contributed by atoms with Crippen LogP contribution in [0.3, 0.4) is 0 Å². The van der Waals surface area contributed by atoms with E-state index in [1.807, 2.05) is 31.4 Å². The van der Waals surface area contributed by atoms with Gasteiger partial charge in [-0.05, 0) is 57.2 Å². The van der Waals surface area contributed by atoms with Crippen LogP contribution in [-0.2, 0) is 14.8 Å². The molecule has 0 fully saturated rings. The van der Waals surface area contributed by atoms with Crippen LogP contribution in [-0.4, -0.2) is 37.9 Å². The van der Waals surface area contributed by atoms with Gasteiger partial charge in [0.25, 0.3) is 5.91 Å². The van der Waals surface area contributed by atoms with Gasteiger partial charge in [0, 0.05) is 22.0 Å². The summed E-state index contributed by atoms with van der Waals surface area (Å²) in [5.74, 6) is -0.566. The summed E-state index contributed by atoms with van der Waals surface area (Å²) in [5.41, 5.74) is 7.06. The summed E-state index contributed by atoms with van der Waals surface area (Å²) in [7, 11) is -3.66. The number of aryl methyl sites for hydroxylation is 2. The average Bonchev–Trinajstić information content (AvgIpc) is 3.01. The lowest BCUT2D eigenvalue weighted by molar-refractivity contribution is -0.119. The minimum Gasteiger partial charge on any atom is -0.316 e. The number of sulfonamides is 1. The highest BCUT2D eigenvalue weighted by atomic mass is 35.5. The van der Waals surface area contributed by atoms with E-state index in [0.29, 0.717) is 15.7 Å². The molecule has 0 saturated carbocycles. The Balaban J connectivity index is 1.76. The summed E-state index contributed by atoms with van der Waals surface area (Å²) in [6, 6.07) is 14.0. The van der Waals surface area contributed by atoms with Gasteiger partial charge in [0.05, 0.1) is 28.9 Å². The number of benzene rings is 2. The van der Waals surface area contributed by atoms with E-state index in [1.54, 1.807) is 42.5 Å². The Labute approximate surface area is 203 Å². The highest BCUT2D eigenvalue weighted by Crippen LogP contribution is 2.28. The van der Waals surface area contributed by atoms with Gasteiger partial charge in [-0.3, -0.25) is 9.10 Å². The van der Waals surface area contributed by atoms with Gasteiger partial charge in [-0.1, -0.05) is 40.9 Å². The van der Waals surface area contributed by atoms with E-state index in [-0.39, 0.29) is 0 Å². The lowest BCUT2D eigenvalue weighted by atomic mass is 10.2. The van der Waals surface area contributed by atoms with Crippen LogP contribution in [0, 0.1) is 20.8 Å². The van der Waals surface area contributed by atoms with Crippen molar-refractivity contribution < 1.29 is 13.2 Å². The summed E-state index contributed by atoms with van der Waals surface area (Å²) < 4.78 is 27.4. The van der Waals surface area contributed by atoms with Gasteiger partial charge in [0.1, 0.15) is 6.54 Å². The van der Waals surface area contributed by atoms with Crippen LogP contribution in [0.5, 0.6) is 0 Å². The van der Waals surface area contributed by atoms with Crippen molar-refractivity contribution in [2.45, 2.75) is 20.8 Å². The second-order valence-electron chi connectivity index (χ2n) is 7.66. The number of carbonyl (C=O) groups is 1. The molecular formula is C23H24Cl2N4O3S. The van der Waals surface area contributed by atoms with Crippen molar-refractivity contribution in [3.05, 3.63) is 81.1 Å². The third kappa shape index (κ3) is 5.96. The number of amides is 1. The molecule has 0 aliphatic heterocycles. The Kier molecular flexibility index (Phi) is 7.51. The normalized spacial score (nSPS) is 11.7. The quantitative estimate of drug-likeness (QED) is 0.374. The number of carbonyl (C=O) groups excluding carboxylic acids is 1. The second-order valence-corrected chi connectivity index (χ2v) is 10.4. The zero-order valence-corrected chi connectivity index (χ0v) is 21.0. The Morgan fingerprint density at radius 2 is 1.76 bits per heavy atom.